The van der Waals surface area contributed by atoms with Crippen molar-refractivity contribution in [3.63, 3.8) is 0 Å². The molecule has 0 aliphatic carbocycles. The van der Waals surface area contributed by atoms with Gasteiger partial charge >= 0.3 is 5.97 Å². The molecule has 1 rings (SSSR count). The number of nitriles is 1. The number of aromatic nitrogens is 2. The third kappa shape index (κ3) is 4.31. The van der Waals surface area contributed by atoms with Crippen molar-refractivity contribution in [1.82, 2.24) is 9.55 Å². The summed E-state index contributed by atoms with van der Waals surface area (Å²) in [7, 11) is -1.15. The highest BCUT2D eigenvalue weighted by Gasteiger charge is 2.15. The predicted molar refractivity (Wildman–Crippen MR) is 68.0 cm³/mol. The number of imidazole rings is 1. The molecule has 0 amide bonds. The summed E-state index contributed by atoms with van der Waals surface area (Å²) >= 11 is 0. The van der Waals surface area contributed by atoms with Gasteiger partial charge in [-0.05, 0) is 6.04 Å². The fraction of sp³-hybridized carbons (Fsp3) is 0.545. The fourth-order valence-electron chi connectivity index (χ4n) is 1.28. The van der Waals surface area contributed by atoms with Gasteiger partial charge in [0.15, 0.2) is 5.69 Å². The molecule has 0 atom stereocenters. The molecule has 18 heavy (non-hydrogen) atoms. The van der Waals surface area contributed by atoms with E-state index in [2.05, 4.69) is 24.6 Å². The summed E-state index contributed by atoms with van der Waals surface area (Å²) in [5.41, 5.74) is 0.0844. The number of carboxylic acid groups (broad SMARTS) is 1. The monoisotopic (exact) mass is 267 g/mol. The molecule has 1 heterocycles. The summed E-state index contributed by atoms with van der Waals surface area (Å²) in [5, 5.41) is 17.6. The van der Waals surface area contributed by atoms with E-state index in [1.807, 2.05) is 6.07 Å². The molecule has 0 aromatic carbocycles. The van der Waals surface area contributed by atoms with Gasteiger partial charge in [-0.1, -0.05) is 19.6 Å². The Kier molecular flexibility index (Phi) is 4.64. The Labute approximate surface area is 107 Å². The molecular weight excluding hydrogens is 250 g/mol. The zero-order valence-corrected chi connectivity index (χ0v) is 11.8. The molecule has 1 N–H and O–H groups in total. The minimum atomic E-state index is -1.16. The largest absolute Gasteiger partial charge is 0.475 e. The zero-order valence-electron chi connectivity index (χ0n) is 10.8. The maximum Gasteiger partial charge on any atom is 0.372 e. The first-order valence-electron chi connectivity index (χ1n) is 5.62. The number of nitrogens with zero attached hydrogens (tertiary/aromatic N) is 3. The number of rotatable bonds is 6. The van der Waals surface area contributed by atoms with Crippen LogP contribution in [0, 0.1) is 11.3 Å². The van der Waals surface area contributed by atoms with E-state index in [0.717, 1.165) is 6.04 Å². The van der Waals surface area contributed by atoms with E-state index in [1.54, 1.807) is 0 Å². The maximum atomic E-state index is 10.9. The van der Waals surface area contributed by atoms with Gasteiger partial charge in [0.1, 0.15) is 12.8 Å². The van der Waals surface area contributed by atoms with E-state index in [9.17, 15) is 4.79 Å². The number of ether oxygens (including phenoxy) is 1. The van der Waals surface area contributed by atoms with E-state index in [4.69, 9.17) is 15.1 Å². The minimum Gasteiger partial charge on any atom is -0.475 e. The normalized spacial score (nSPS) is 11.2. The van der Waals surface area contributed by atoms with Crippen LogP contribution in [0.4, 0.5) is 0 Å². The van der Waals surface area contributed by atoms with Crippen LogP contribution in [0.2, 0.25) is 25.7 Å². The second-order valence-electron chi connectivity index (χ2n) is 5.18. The topological polar surface area (TPSA) is 88.1 Å². The van der Waals surface area contributed by atoms with Crippen LogP contribution < -0.4 is 0 Å². The maximum absolute atomic E-state index is 10.9. The molecule has 0 spiro atoms. The molecule has 0 saturated heterocycles. The van der Waals surface area contributed by atoms with E-state index in [1.165, 1.54) is 10.8 Å². The lowest BCUT2D eigenvalue weighted by Crippen LogP contribution is -2.22. The van der Waals surface area contributed by atoms with Gasteiger partial charge in [-0.15, -0.1) is 0 Å². The second-order valence-corrected chi connectivity index (χ2v) is 10.8. The smallest absolute Gasteiger partial charge is 0.372 e. The average molecular weight is 267 g/mol. The van der Waals surface area contributed by atoms with Crippen molar-refractivity contribution >= 4 is 14.0 Å². The molecule has 1 aromatic heterocycles. The molecule has 0 aliphatic rings. The van der Waals surface area contributed by atoms with Crippen molar-refractivity contribution in [1.29, 1.82) is 5.26 Å². The first-order valence-corrected chi connectivity index (χ1v) is 9.32. The van der Waals surface area contributed by atoms with Crippen molar-refractivity contribution in [2.45, 2.75) is 32.4 Å². The zero-order chi connectivity index (χ0) is 13.8. The Bertz CT molecular complexity index is 471. The second kappa shape index (κ2) is 5.80. The molecule has 0 bridgehead atoms. The number of carbonyl (C=O) groups is 1. The molecule has 0 radical (unpaired) electrons. The quantitative estimate of drug-likeness (QED) is 0.626. The van der Waals surface area contributed by atoms with Crippen molar-refractivity contribution in [2.24, 2.45) is 0 Å². The van der Waals surface area contributed by atoms with Gasteiger partial charge in [0.05, 0.1) is 0 Å². The van der Waals surface area contributed by atoms with Crippen molar-refractivity contribution in [2.75, 3.05) is 6.61 Å². The van der Waals surface area contributed by atoms with Gasteiger partial charge in [0, 0.05) is 20.9 Å². The number of hydrogen-bond acceptors (Lipinski definition) is 4. The van der Waals surface area contributed by atoms with Crippen molar-refractivity contribution < 1.29 is 14.6 Å². The molecule has 6 nitrogen and oxygen atoms in total. The fourth-order valence-corrected chi connectivity index (χ4v) is 2.04. The van der Waals surface area contributed by atoms with Gasteiger partial charge in [-0.3, -0.25) is 0 Å². The molecule has 0 saturated carbocycles. The lowest BCUT2D eigenvalue weighted by molar-refractivity contribution is 0.0613. The Morgan fingerprint density at radius 1 is 1.61 bits per heavy atom. The Balaban J connectivity index is 2.59. The summed E-state index contributed by atoms with van der Waals surface area (Å²) in [6.45, 7) is 7.42. The summed E-state index contributed by atoms with van der Waals surface area (Å²) < 4.78 is 6.77. The van der Waals surface area contributed by atoms with Gasteiger partial charge in [-0.2, -0.15) is 5.26 Å². The number of aromatic carboxylic acids is 1. The highest BCUT2D eigenvalue weighted by atomic mass is 28.3. The lowest BCUT2D eigenvalue weighted by atomic mass is 10.5. The van der Waals surface area contributed by atoms with E-state index in [0.29, 0.717) is 6.61 Å². The van der Waals surface area contributed by atoms with Crippen molar-refractivity contribution in [3.05, 3.63) is 17.7 Å². The molecule has 0 fully saturated rings. The highest BCUT2D eigenvalue weighted by Crippen LogP contribution is 2.09. The van der Waals surface area contributed by atoms with Gasteiger partial charge < -0.3 is 14.4 Å². The molecule has 0 aliphatic heterocycles. The van der Waals surface area contributed by atoms with Gasteiger partial charge in [0.25, 0.3) is 0 Å². The molecule has 0 unspecified atom stereocenters. The average Bonchev–Trinajstić information content (AvgIpc) is 2.66. The standard InChI is InChI=1S/C11H17N3O3Si/c1-18(2,3)5-4-17-8-14-7-9(6-12)13-10(14)11(15)16/h7H,4-5,8H2,1-3H3,(H,15,16). The van der Waals surface area contributed by atoms with Crippen LogP contribution in [0.5, 0.6) is 0 Å². The first kappa shape index (κ1) is 14.4. The molecule has 1 aromatic rings. The van der Waals surface area contributed by atoms with E-state index in [-0.39, 0.29) is 18.2 Å². The van der Waals surface area contributed by atoms with Gasteiger partial charge in [-0.25, -0.2) is 9.78 Å². The van der Waals surface area contributed by atoms with Crippen molar-refractivity contribution in [3.8, 4) is 6.07 Å². The SMILES string of the molecule is C[Si](C)(C)CCOCn1cc(C#N)nc1C(=O)O. The van der Waals surface area contributed by atoms with Crippen LogP contribution >= 0.6 is 0 Å². The van der Waals surface area contributed by atoms with Crippen LogP contribution in [0.25, 0.3) is 0 Å². The van der Waals surface area contributed by atoms with Crippen LogP contribution in [-0.4, -0.2) is 35.3 Å². The third-order valence-electron chi connectivity index (χ3n) is 2.31. The number of hydrogen-bond donors (Lipinski definition) is 1. The van der Waals surface area contributed by atoms with Crippen LogP contribution in [0.3, 0.4) is 0 Å². The Hall–Kier alpha value is -1.65. The van der Waals surface area contributed by atoms with Crippen LogP contribution in [0.15, 0.2) is 6.20 Å². The van der Waals surface area contributed by atoms with Gasteiger partial charge in [0.2, 0.25) is 5.82 Å². The third-order valence-corrected chi connectivity index (χ3v) is 4.01. The van der Waals surface area contributed by atoms with Crippen LogP contribution in [0.1, 0.15) is 16.3 Å². The number of carboxylic acids is 1. The van der Waals surface area contributed by atoms with E-state index < -0.39 is 14.0 Å². The first-order chi connectivity index (χ1) is 8.33. The molecular formula is C11H17N3O3Si. The minimum absolute atomic E-state index is 0.0844. The Morgan fingerprint density at radius 2 is 2.28 bits per heavy atom. The predicted octanol–water partition coefficient (Wildman–Crippen LogP) is 1.77. The lowest BCUT2D eigenvalue weighted by Gasteiger charge is -2.15. The summed E-state index contributed by atoms with van der Waals surface area (Å²) in [4.78, 5) is 14.6. The van der Waals surface area contributed by atoms with Crippen LogP contribution in [-0.2, 0) is 11.5 Å². The highest BCUT2D eigenvalue weighted by molar-refractivity contribution is 6.76. The molecule has 98 valence electrons. The Morgan fingerprint density at radius 3 is 2.78 bits per heavy atom. The summed E-state index contributed by atoms with van der Waals surface area (Å²) in [6, 6.07) is 2.82. The summed E-state index contributed by atoms with van der Waals surface area (Å²) in [6.07, 6.45) is 1.39. The molecule has 7 heteroatoms. The van der Waals surface area contributed by atoms with E-state index >= 15 is 0 Å². The summed E-state index contributed by atoms with van der Waals surface area (Å²) in [5.74, 6) is -1.33.